The summed E-state index contributed by atoms with van der Waals surface area (Å²) >= 11 is 1.55. The number of primary sulfonamides is 1. The van der Waals surface area contributed by atoms with Crippen molar-refractivity contribution in [2.75, 3.05) is 5.32 Å². The molecule has 9 heteroatoms. The van der Waals surface area contributed by atoms with Crippen LogP contribution in [0.25, 0.3) is 27.5 Å². The Bertz CT molecular complexity index is 1500. The van der Waals surface area contributed by atoms with E-state index in [-0.39, 0.29) is 16.7 Å². The molecule has 5 rings (SSSR count). The topological polar surface area (TPSA) is 107 Å². The average molecular weight is 493 g/mol. The Morgan fingerprint density at radius 3 is 2.53 bits per heavy atom. The van der Waals surface area contributed by atoms with Gasteiger partial charge in [-0.3, -0.25) is 4.79 Å². The molecule has 0 aliphatic heterocycles. The average Bonchev–Trinajstić information content (AvgIpc) is 3.47. The van der Waals surface area contributed by atoms with Crippen molar-refractivity contribution in [2.45, 2.75) is 31.6 Å². The minimum absolute atomic E-state index is 0.0821. The molecule has 0 atom stereocenters. The number of carbonyl (C=O) groups excluding carboxylic acids is 1. The fraction of sp³-hybridized carbons (Fsp3) is 0.200. The number of nitrogens with two attached hydrogens (primary N) is 1. The van der Waals surface area contributed by atoms with Gasteiger partial charge in [0.2, 0.25) is 15.9 Å². The Hall–Kier alpha value is -3.27. The lowest BCUT2D eigenvalue weighted by Crippen LogP contribution is -2.13. The van der Waals surface area contributed by atoms with Gasteiger partial charge in [-0.15, -0.1) is 11.3 Å². The molecule has 0 unspecified atom stereocenters. The molecule has 0 saturated heterocycles. The van der Waals surface area contributed by atoms with Crippen molar-refractivity contribution in [2.24, 2.45) is 11.1 Å². The Balaban J connectivity index is 1.43. The highest BCUT2D eigenvalue weighted by atomic mass is 32.2. The summed E-state index contributed by atoms with van der Waals surface area (Å²) < 4.78 is 25.2. The van der Waals surface area contributed by atoms with Crippen molar-refractivity contribution in [1.82, 2.24) is 9.55 Å². The van der Waals surface area contributed by atoms with Crippen LogP contribution in [0.15, 0.2) is 64.9 Å². The van der Waals surface area contributed by atoms with E-state index in [1.165, 1.54) is 12.1 Å². The Morgan fingerprint density at radius 2 is 1.85 bits per heavy atom. The monoisotopic (exact) mass is 492 g/mol. The molecule has 1 aliphatic rings. The smallest absolute Gasteiger partial charge is 0.238 e. The van der Waals surface area contributed by atoms with Crippen LogP contribution in [0, 0.1) is 19.8 Å². The zero-order valence-electron chi connectivity index (χ0n) is 18.8. The Kier molecular flexibility index (Phi) is 5.63. The number of thiazole rings is 1. The lowest BCUT2D eigenvalue weighted by molar-refractivity contribution is -0.117. The largest absolute Gasteiger partial charge is 0.326 e. The summed E-state index contributed by atoms with van der Waals surface area (Å²) in [5.74, 6) is 0.239. The van der Waals surface area contributed by atoms with E-state index >= 15 is 0 Å². The van der Waals surface area contributed by atoms with Gasteiger partial charge in [0.25, 0.3) is 0 Å². The number of aryl methyl sites for hydroxylation is 1. The van der Waals surface area contributed by atoms with Crippen LogP contribution in [-0.4, -0.2) is 23.9 Å². The van der Waals surface area contributed by atoms with E-state index in [0.29, 0.717) is 0 Å². The third kappa shape index (κ3) is 4.42. The summed E-state index contributed by atoms with van der Waals surface area (Å²) in [5, 5.41) is 11.1. The highest BCUT2D eigenvalue weighted by Gasteiger charge is 2.29. The molecule has 1 amide bonds. The van der Waals surface area contributed by atoms with Crippen LogP contribution >= 0.6 is 11.3 Å². The van der Waals surface area contributed by atoms with E-state index in [2.05, 4.69) is 16.0 Å². The summed E-state index contributed by atoms with van der Waals surface area (Å²) in [7, 11) is -3.74. The molecule has 3 N–H and O–H groups in total. The van der Waals surface area contributed by atoms with Crippen molar-refractivity contribution in [1.29, 1.82) is 0 Å². The molecule has 2 aromatic carbocycles. The van der Waals surface area contributed by atoms with Crippen molar-refractivity contribution in [3.63, 3.8) is 0 Å². The van der Waals surface area contributed by atoms with Crippen LogP contribution in [0.3, 0.4) is 0 Å². The highest BCUT2D eigenvalue weighted by molar-refractivity contribution is 7.89. The lowest BCUT2D eigenvalue weighted by Gasteiger charge is -2.10. The third-order valence-corrected chi connectivity index (χ3v) is 7.78. The molecular weight excluding hydrogens is 468 g/mol. The minimum Gasteiger partial charge on any atom is -0.326 e. The lowest BCUT2D eigenvalue weighted by atomic mass is 10.2. The summed E-state index contributed by atoms with van der Waals surface area (Å²) in [6.07, 6.45) is 1.94. The summed E-state index contributed by atoms with van der Waals surface area (Å²) in [5.41, 5.74) is 6.48. The second kappa shape index (κ2) is 8.50. The zero-order valence-corrected chi connectivity index (χ0v) is 20.4. The number of hydrogen-bond donors (Lipinski definition) is 2. The van der Waals surface area contributed by atoms with Crippen LogP contribution < -0.4 is 10.5 Å². The molecule has 7 nitrogen and oxygen atoms in total. The van der Waals surface area contributed by atoms with Crippen LogP contribution in [0.4, 0.5) is 5.69 Å². The number of benzene rings is 2. The second-order valence-corrected chi connectivity index (χ2v) is 11.0. The molecule has 2 aromatic heterocycles. The first-order valence-electron chi connectivity index (χ1n) is 10.9. The maximum Gasteiger partial charge on any atom is 0.238 e. The normalized spacial score (nSPS) is 13.7. The Morgan fingerprint density at radius 1 is 1.12 bits per heavy atom. The van der Waals surface area contributed by atoms with Gasteiger partial charge in [0, 0.05) is 45.2 Å². The number of rotatable bonds is 6. The first-order valence-corrected chi connectivity index (χ1v) is 13.3. The maximum atomic E-state index is 12.1. The molecule has 174 valence electrons. The number of amides is 1. The van der Waals surface area contributed by atoms with Gasteiger partial charge in [0.15, 0.2) is 0 Å². The minimum atomic E-state index is -3.74. The first kappa shape index (κ1) is 22.5. The molecule has 1 saturated carbocycles. The van der Waals surface area contributed by atoms with Crippen LogP contribution in [-0.2, 0) is 14.8 Å². The van der Waals surface area contributed by atoms with Crippen molar-refractivity contribution < 1.29 is 13.2 Å². The molecule has 4 aromatic rings. The fourth-order valence-corrected chi connectivity index (χ4v) is 5.39. The molecule has 34 heavy (non-hydrogen) atoms. The number of nitrogens with zero attached hydrogens (tertiary/aromatic N) is 2. The van der Waals surface area contributed by atoms with Gasteiger partial charge in [-0.2, -0.15) is 0 Å². The van der Waals surface area contributed by atoms with Crippen molar-refractivity contribution in [3.05, 3.63) is 71.4 Å². The second-order valence-electron chi connectivity index (χ2n) is 8.54. The van der Waals surface area contributed by atoms with Gasteiger partial charge in [0.1, 0.15) is 5.01 Å². The highest BCUT2D eigenvalue weighted by Crippen LogP contribution is 2.35. The predicted molar refractivity (Wildman–Crippen MR) is 135 cm³/mol. The van der Waals surface area contributed by atoms with E-state index in [9.17, 15) is 13.2 Å². The van der Waals surface area contributed by atoms with E-state index in [1.807, 2.05) is 43.5 Å². The SMILES string of the molecule is Cc1cc(-c2csc(-c3cccc(NC(=O)C4CC4)c3)n2)c(C)n1-c1ccc(S(N)(=O)=O)cc1. The molecule has 2 heterocycles. The van der Waals surface area contributed by atoms with Crippen molar-refractivity contribution >= 4 is 33.0 Å². The Labute approximate surface area is 202 Å². The third-order valence-electron chi connectivity index (χ3n) is 5.96. The summed E-state index contributed by atoms with van der Waals surface area (Å²) in [6, 6.07) is 16.4. The predicted octanol–water partition coefficient (Wildman–Crippen LogP) is 4.88. The molecule has 0 radical (unpaired) electrons. The number of aromatic nitrogens is 2. The molecule has 0 spiro atoms. The standard InChI is InChI=1S/C25H24N4O3S2/c1-15-12-22(16(2)29(15)20-8-10-21(11-9-20)34(26,31)32)23-14-33-25(28-23)18-4-3-5-19(13-18)27-24(30)17-6-7-17/h3-5,8-14,17H,6-7H2,1-2H3,(H,27,30)(H2,26,31,32). The zero-order chi connectivity index (χ0) is 24.0. The van der Waals surface area contributed by atoms with Gasteiger partial charge < -0.3 is 9.88 Å². The van der Waals surface area contributed by atoms with Crippen LogP contribution in [0.1, 0.15) is 24.2 Å². The quantitative estimate of drug-likeness (QED) is 0.400. The molecule has 1 fully saturated rings. The fourth-order valence-electron chi connectivity index (χ4n) is 4.05. The van der Waals surface area contributed by atoms with Crippen LogP contribution in [0.5, 0.6) is 0 Å². The number of carbonyl (C=O) groups is 1. The number of nitrogens with one attached hydrogen (secondary N) is 1. The maximum absolute atomic E-state index is 12.1. The first-order chi connectivity index (χ1) is 16.2. The number of hydrogen-bond acceptors (Lipinski definition) is 5. The number of sulfonamides is 1. The van der Waals surface area contributed by atoms with Gasteiger partial charge in [-0.05, 0) is 69.2 Å². The van der Waals surface area contributed by atoms with Gasteiger partial charge in [-0.25, -0.2) is 18.5 Å². The van der Waals surface area contributed by atoms with Gasteiger partial charge in [-0.1, -0.05) is 12.1 Å². The van der Waals surface area contributed by atoms with E-state index in [4.69, 9.17) is 10.1 Å². The van der Waals surface area contributed by atoms with Crippen molar-refractivity contribution in [3.8, 4) is 27.5 Å². The van der Waals surface area contributed by atoms with Gasteiger partial charge in [0.05, 0.1) is 10.6 Å². The van der Waals surface area contributed by atoms with Crippen LogP contribution in [0.2, 0.25) is 0 Å². The molecule has 0 bridgehead atoms. The number of anilines is 1. The molecule has 1 aliphatic carbocycles. The van der Waals surface area contributed by atoms with Gasteiger partial charge >= 0.3 is 0 Å². The van der Waals surface area contributed by atoms with E-state index < -0.39 is 10.0 Å². The van der Waals surface area contributed by atoms with E-state index in [1.54, 1.807) is 23.5 Å². The summed E-state index contributed by atoms with van der Waals surface area (Å²) in [6.45, 7) is 4.02. The summed E-state index contributed by atoms with van der Waals surface area (Å²) in [4.78, 5) is 17.1. The molecular formula is C25H24N4O3S2. The van der Waals surface area contributed by atoms with E-state index in [0.717, 1.165) is 57.4 Å².